The molecule has 0 aliphatic carbocycles. The predicted molar refractivity (Wildman–Crippen MR) is 136 cm³/mol. The fraction of sp³-hybridized carbons (Fsp3) is 0.320. The maximum Gasteiger partial charge on any atom is 0.243 e. The van der Waals surface area contributed by atoms with Crippen LogP contribution in [0.2, 0.25) is 0 Å². The molecule has 9 nitrogen and oxygen atoms in total. The van der Waals surface area contributed by atoms with E-state index in [0.717, 1.165) is 17.1 Å². The van der Waals surface area contributed by atoms with Crippen molar-refractivity contribution in [2.45, 2.75) is 31.6 Å². The number of nitrogens with one attached hydrogen (secondary N) is 2. The summed E-state index contributed by atoms with van der Waals surface area (Å²) >= 11 is 0. The Morgan fingerprint density at radius 1 is 0.914 bits per heavy atom. The molecule has 0 atom stereocenters. The number of aromatic nitrogens is 2. The van der Waals surface area contributed by atoms with Crippen LogP contribution in [0.1, 0.15) is 23.4 Å². The van der Waals surface area contributed by atoms with Gasteiger partial charge in [0.15, 0.2) is 0 Å². The zero-order valence-corrected chi connectivity index (χ0v) is 20.6. The number of rotatable bonds is 5. The van der Waals surface area contributed by atoms with Crippen molar-refractivity contribution in [3.8, 4) is 0 Å². The van der Waals surface area contributed by atoms with Crippen molar-refractivity contribution in [2.24, 2.45) is 0 Å². The third kappa shape index (κ3) is 4.98. The number of amides is 1. The lowest BCUT2D eigenvalue weighted by Gasteiger charge is -2.35. The van der Waals surface area contributed by atoms with E-state index >= 15 is 0 Å². The van der Waals surface area contributed by atoms with E-state index in [0.29, 0.717) is 56.4 Å². The molecule has 1 aromatic heterocycles. The third-order valence-electron chi connectivity index (χ3n) is 6.32. The van der Waals surface area contributed by atoms with Gasteiger partial charge in [0.05, 0.1) is 4.90 Å². The molecule has 2 aliphatic rings. The summed E-state index contributed by atoms with van der Waals surface area (Å²) in [4.78, 5) is 23.0. The standard InChI is InChI=1S/C25H28N6O3S/c1-17-3-6-20(7-4-17)28-23-16-24(27-18(2)26-23)30-11-13-31(14-12-30)35(33,34)21-8-9-22-19(15-21)5-10-25(32)29-22/h3-4,6-9,15-16H,5,10-14H2,1-2H3,(H,29,32)(H,26,27,28). The van der Waals surface area contributed by atoms with Gasteiger partial charge in [-0.15, -0.1) is 0 Å². The Kier molecular flexibility index (Phi) is 6.16. The Morgan fingerprint density at radius 2 is 1.66 bits per heavy atom. The fourth-order valence-electron chi connectivity index (χ4n) is 4.39. The summed E-state index contributed by atoms with van der Waals surface area (Å²) in [5.74, 6) is 2.08. The molecule has 0 radical (unpaired) electrons. The maximum atomic E-state index is 13.3. The second-order valence-electron chi connectivity index (χ2n) is 8.91. The average molecular weight is 493 g/mol. The summed E-state index contributed by atoms with van der Waals surface area (Å²) in [6, 6.07) is 14.9. The monoisotopic (exact) mass is 492 g/mol. The molecule has 0 unspecified atom stereocenters. The van der Waals surface area contributed by atoms with Gasteiger partial charge in [-0.25, -0.2) is 18.4 Å². The first-order valence-electron chi connectivity index (χ1n) is 11.7. The molecule has 1 fully saturated rings. The summed E-state index contributed by atoms with van der Waals surface area (Å²) in [5.41, 5.74) is 3.68. The quantitative estimate of drug-likeness (QED) is 0.563. The van der Waals surface area contributed by atoms with Gasteiger partial charge < -0.3 is 15.5 Å². The lowest BCUT2D eigenvalue weighted by molar-refractivity contribution is -0.116. The topological polar surface area (TPSA) is 108 Å². The van der Waals surface area contributed by atoms with Crippen LogP contribution in [-0.4, -0.2) is 54.8 Å². The number of sulfonamides is 1. The molecule has 3 aromatic rings. The number of carbonyl (C=O) groups is 1. The van der Waals surface area contributed by atoms with Crippen LogP contribution in [0.4, 0.5) is 23.0 Å². The number of piperazine rings is 1. The van der Waals surface area contributed by atoms with Gasteiger partial charge in [0.1, 0.15) is 17.5 Å². The number of nitrogens with zero attached hydrogens (tertiary/aromatic N) is 4. The van der Waals surface area contributed by atoms with Crippen LogP contribution >= 0.6 is 0 Å². The molecule has 10 heteroatoms. The Labute approximate surface area is 205 Å². The molecule has 3 heterocycles. The van der Waals surface area contributed by atoms with Gasteiger partial charge in [0, 0.05) is 50.0 Å². The van der Waals surface area contributed by atoms with Gasteiger partial charge in [-0.3, -0.25) is 4.79 Å². The normalized spacial score (nSPS) is 16.5. The van der Waals surface area contributed by atoms with E-state index in [1.54, 1.807) is 18.2 Å². The van der Waals surface area contributed by atoms with Crippen molar-refractivity contribution in [2.75, 3.05) is 41.7 Å². The molecular formula is C25H28N6O3S. The van der Waals surface area contributed by atoms with Gasteiger partial charge in [0.25, 0.3) is 0 Å². The van der Waals surface area contributed by atoms with Crippen LogP contribution < -0.4 is 15.5 Å². The fourth-order valence-corrected chi connectivity index (χ4v) is 5.86. The third-order valence-corrected chi connectivity index (χ3v) is 8.22. The van der Waals surface area contributed by atoms with Crippen molar-refractivity contribution >= 4 is 38.9 Å². The highest BCUT2D eigenvalue weighted by Crippen LogP contribution is 2.28. The summed E-state index contributed by atoms with van der Waals surface area (Å²) in [6.07, 6.45) is 0.915. The first kappa shape index (κ1) is 23.3. The highest BCUT2D eigenvalue weighted by molar-refractivity contribution is 7.89. The van der Waals surface area contributed by atoms with E-state index in [4.69, 9.17) is 0 Å². The molecule has 182 valence electrons. The second kappa shape index (κ2) is 9.27. The summed E-state index contributed by atoms with van der Waals surface area (Å²) in [6.45, 7) is 5.67. The van der Waals surface area contributed by atoms with Crippen molar-refractivity contribution in [1.29, 1.82) is 0 Å². The molecular weight excluding hydrogens is 464 g/mol. The minimum atomic E-state index is -3.63. The highest BCUT2D eigenvalue weighted by atomic mass is 32.2. The largest absolute Gasteiger partial charge is 0.354 e. The van der Waals surface area contributed by atoms with E-state index in [1.165, 1.54) is 9.87 Å². The first-order chi connectivity index (χ1) is 16.8. The Morgan fingerprint density at radius 3 is 2.40 bits per heavy atom. The van der Waals surface area contributed by atoms with Gasteiger partial charge in [-0.1, -0.05) is 17.7 Å². The Hall–Kier alpha value is -3.50. The number of benzene rings is 2. The van der Waals surface area contributed by atoms with Crippen LogP contribution in [0.3, 0.4) is 0 Å². The number of aryl methyl sites for hydroxylation is 3. The molecule has 2 aromatic carbocycles. The van der Waals surface area contributed by atoms with Gasteiger partial charge >= 0.3 is 0 Å². The summed E-state index contributed by atoms with van der Waals surface area (Å²) in [7, 11) is -3.63. The van der Waals surface area contributed by atoms with E-state index < -0.39 is 10.0 Å². The molecule has 2 aliphatic heterocycles. The zero-order valence-electron chi connectivity index (χ0n) is 19.8. The number of fused-ring (bicyclic) bond motifs is 1. The van der Waals surface area contributed by atoms with Crippen molar-refractivity contribution in [3.63, 3.8) is 0 Å². The Bertz CT molecular complexity index is 1370. The maximum absolute atomic E-state index is 13.3. The van der Waals surface area contributed by atoms with E-state index in [1.807, 2.05) is 44.2 Å². The van der Waals surface area contributed by atoms with E-state index in [-0.39, 0.29) is 10.8 Å². The first-order valence-corrected chi connectivity index (χ1v) is 13.1. The smallest absolute Gasteiger partial charge is 0.243 e. The van der Waals surface area contributed by atoms with Crippen LogP contribution in [-0.2, 0) is 21.2 Å². The molecule has 1 saturated heterocycles. The lowest BCUT2D eigenvalue weighted by Crippen LogP contribution is -2.49. The molecule has 0 spiro atoms. The minimum Gasteiger partial charge on any atom is -0.354 e. The Balaban J connectivity index is 1.28. The van der Waals surface area contributed by atoms with Crippen LogP contribution in [0.15, 0.2) is 53.4 Å². The van der Waals surface area contributed by atoms with Crippen LogP contribution in [0.25, 0.3) is 0 Å². The van der Waals surface area contributed by atoms with Gasteiger partial charge in [0.2, 0.25) is 15.9 Å². The molecule has 0 saturated carbocycles. The number of carbonyl (C=O) groups excluding carboxylic acids is 1. The van der Waals surface area contributed by atoms with Crippen LogP contribution in [0, 0.1) is 13.8 Å². The summed E-state index contributed by atoms with van der Waals surface area (Å²) in [5, 5.41) is 6.12. The molecule has 0 bridgehead atoms. The number of anilines is 4. The van der Waals surface area contributed by atoms with Crippen molar-refractivity contribution in [3.05, 3.63) is 65.5 Å². The SMILES string of the molecule is Cc1ccc(Nc2cc(N3CCN(S(=O)(=O)c4ccc5c(c4)CCC(=O)N5)CC3)nc(C)n2)cc1. The zero-order chi connectivity index (χ0) is 24.6. The van der Waals surface area contributed by atoms with Crippen molar-refractivity contribution in [1.82, 2.24) is 14.3 Å². The van der Waals surface area contributed by atoms with Crippen LogP contribution in [0.5, 0.6) is 0 Å². The highest BCUT2D eigenvalue weighted by Gasteiger charge is 2.30. The van der Waals surface area contributed by atoms with E-state index in [9.17, 15) is 13.2 Å². The van der Waals surface area contributed by atoms with E-state index in [2.05, 4.69) is 25.5 Å². The molecule has 35 heavy (non-hydrogen) atoms. The minimum absolute atomic E-state index is 0.0404. The summed E-state index contributed by atoms with van der Waals surface area (Å²) < 4.78 is 28.1. The number of hydrogen-bond acceptors (Lipinski definition) is 7. The lowest BCUT2D eigenvalue weighted by atomic mass is 10.0. The number of hydrogen-bond donors (Lipinski definition) is 2. The molecule has 1 amide bonds. The average Bonchev–Trinajstić information content (AvgIpc) is 2.85. The van der Waals surface area contributed by atoms with Gasteiger partial charge in [-0.2, -0.15) is 4.31 Å². The second-order valence-corrected chi connectivity index (χ2v) is 10.8. The predicted octanol–water partition coefficient (Wildman–Crippen LogP) is 3.23. The molecule has 2 N–H and O–H groups in total. The molecule has 5 rings (SSSR count). The van der Waals surface area contributed by atoms with Crippen molar-refractivity contribution < 1.29 is 13.2 Å². The van der Waals surface area contributed by atoms with Gasteiger partial charge in [-0.05, 0) is 56.2 Å².